The van der Waals surface area contributed by atoms with E-state index in [4.69, 9.17) is 4.74 Å². The normalized spacial score (nSPS) is 23.5. The molecule has 0 aromatic rings. The van der Waals surface area contributed by atoms with Gasteiger partial charge in [0.15, 0.2) is 0 Å². The Morgan fingerprint density at radius 1 is 1.08 bits per heavy atom. The molecule has 1 aliphatic rings. The lowest BCUT2D eigenvalue weighted by atomic mass is 9.90. The summed E-state index contributed by atoms with van der Waals surface area (Å²) in [6, 6.07) is 0. The third kappa shape index (κ3) is 10.2. The van der Waals surface area contributed by atoms with Gasteiger partial charge in [-0.05, 0) is 70.6 Å². The van der Waals surface area contributed by atoms with Crippen molar-refractivity contribution in [2.24, 2.45) is 11.8 Å². The second-order valence-corrected chi connectivity index (χ2v) is 7.89. The van der Waals surface area contributed by atoms with E-state index in [2.05, 4.69) is 31.2 Å². The summed E-state index contributed by atoms with van der Waals surface area (Å²) in [6.07, 6.45) is 20.4. The minimum atomic E-state index is -0.171. The number of aliphatic hydroxyl groups excluding tert-OH is 1. The molecule has 0 saturated heterocycles. The minimum Gasteiger partial charge on any atom is -0.463 e. The van der Waals surface area contributed by atoms with Gasteiger partial charge in [-0.25, -0.2) is 0 Å². The van der Waals surface area contributed by atoms with Gasteiger partial charge in [0, 0.05) is 6.42 Å². The molecule has 0 amide bonds. The molecule has 3 atom stereocenters. The third-order valence-corrected chi connectivity index (χ3v) is 5.14. The van der Waals surface area contributed by atoms with E-state index in [0.717, 1.165) is 32.1 Å². The summed E-state index contributed by atoms with van der Waals surface area (Å²) < 4.78 is 5.13. The Balaban J connectivity index is 2.23. The van der Waals surface area contributed by atoms with E-state index in [1.54, 1.807) is 0 Å². The summed E-state index contributed by atoms with van der Waals surface area (Å²) in [5, 5.41) is 10.3. The first-order valence-electron chi connectivity index (χ1n) is 10.7. The van der Waals surface area contributed by atoms with Crippen LogP contribution in [0.2, 0.25) is 0 Å². The number of unbranched alkanes of at least 4 members (excludes halogenated alkanes) is 5. The number of hydrogen-bond donors (Lipinski definition) is 1. The molecule has 1 saturated carbocycles. The van der Waals surface area contributed by atoms with Crippen molar-refractivity contribution in [1.29, 1.82) is 0 Å². The number of allylic oxidation sites excluding steroid dienone is 4. The van der Waals surface area contributed by atoms with Crippen LogP contribution >= 0.6 is 0 Å². The Kier molecular flexibility index (Phi) is 12.4. The molecule has 3 heteroatoms. The van der Waals surface area contributed by atoms with E-state index in [-0.39, 0.29) is 18.2 Å². The van der Waals surface area contributed by atoms with Crippen LogP contribution in [0.4, 0.5) is 0 Å². The molecular formula is C23H40O3. The molecule has 0 aromatic carbocycles. The molecule has 0 spiro atoms. The first-order valence-corrected chi connectivity index (χ1v) is 10.7. The van der Waals surface area contributed by atoms with Crippen LogP contribution < -0.4 is 0 Å². The number of rotatable bonds is 13. The van der Waals surface area contributed by atoms with Crippen molar-refractivity contribution < 1.29 is 14.6 Å². The molecular weight excluding hydrogens is 324 g/mol. The highest BCUT2D eigenvalue weighted by Crippen LogP contribution is 2.36. The lowest BCUT2D eigenvalue weighted by molar-refractivity contribution is -0.147. The van der Waals surface area contributed by atoms with Gasteiger partial charge in [-0.15, -0.1) is 0 Å². The number of aliphatic hydroxyl groups is 1. The van der Waals surface area contributed by atoms with Gasteiger partial charge in [-0.1, -0.05) is 50.5 Å². The van der Waals surface area contributed by atoms with Crippen LogP contribution in [0.3, 0.4) is 0 Å². The smallest absolute Gasteiger partial charge is 0.306 e. The zero-order valence-corrected chi connectivity index (χ0v) is 17.2. The van der Waals surface area contributed by atoms with Gasteiger partial charge in [-0.3, -0.25) is 4.79 Å². The minimum absolute atomic E-state index is 0.0291. The van der Waals surface area contributed by atoms with Crippen molar-refractivity contribution in [3.05, 3.63) is 24.3 Å². The van der Waals surface area contributed by atoms with E-state index >= 15 is 0 Å². The monoisotopic (exact) mass is 364 g/mol. The Labute approximate surface area is 160 Å². The van der Waals surface area contributed by atoms with E-state index in [9.17, 15) is 9.90 Å². The van der Waals surface area contributed by atoms with E-state index in [1.807, 2.05) is 13.8 Å². The van der Waals surface area contributed by atoms with Crippen LogP contribution in [-0.2, 0) is 9.53 Å². The lowest BCUT2D eigenvalue weighted by Crippen LogP contribution is -2.17. The maximum Gasteiger partial charge on any atom is 0.306 e. The predicted octanol–water partition coefficient (Wildman–Crippen LogP) is 5.97. The Morgan fingerprint density at radius 3 is 2.58 bits per heavy atom. The topological polar surface area (TPSA) is 46.5 Å². The van der Waals surface area contributed by atoms with Crippen molar-refractivity contribution in [2.45, 2.75) is 104 Å². The largest absolute Gasteiger partial charge is 0.463 e. The Hall–Kier alpha value is -1.09. The highest BCUT2D eigenvalue weighted by atomic mass is 16.5. The fraction of sp³-hybridized carbons (Fsp3) is 0.783. The van der Waals surface area contributed by atoms with Crippen LogP contribution in [0.1, 0.15) is 91.4 Å². The highest BCUT2D eigenvalue weighted by molar-refractivity contribution is 5.69. The van der Waals surface area contributed by atoms with Gasteiger partial charge < -0.3 is 9.84 Å². The van der Waals surface area contributed by atoms with Gasteiger partial charge in [-0.2, -0.15) is 0 Å². The maximum absolute atomic E-state index is 11.5. The average Bonchev–Trinajstić information content (AvgIpc) is 2.93. The van der Waals surface area contributed by atoms with Crippen molar-refractivity contribution in [3.8, 4) is 0 Å². The summed E-state index contributed by atoms with van der Waals surface area (Å²) in [5.74, 6) is 0.759. The fourth-order valence-electron chi connectivity index (χ4n) is 3.66. The highest BCUT2D eigenvalue weighted by Gasteiger charge is 2.32. The van der Waals surface area contributed by atoms with Crippen LogP contribution in [0.5, 0.6) is 0 Å². The van der Waals surface area contributed by atoms with Crippen molar-refractivity contribution in [3.63, 3.8) is 0 Å². The van der Waals surface area contributed by atoms with Gasteiger partial charge in [0.1, 0.15) is 0 Å². The van der Waals surface area contributed by atoms with Gasteiger partial charge in [0.25, 0.3) is 0 Å². The summed E-state index contributed by atoms with van der Waals surface area (Å²) in [5.41, 5.74) is 0. The Bertz CT molecular complexity index is 425. The summed E-state index contributed by atoms with van der Waals surface area (Å²) >= 11 is 0. The molecule has 0 heterocycles. The Morgan fingerprint density at radius 2 is 1.85 bits per heavy atom. The molecule has 150 valence electrons. The van der Waals surface area contributed by atoms with Crippen LogP contribution in [0.15, 0.2) is 24.3 Å². The van der Waals surface area contributed by atoms with Gasteiger partial charge in [0.05, 0.1) is 12.2 Å². The SMILES string of the molecule is CCCCCC/C=C/C1CC[C@H](O)[C@@H]1C/C=C\CCCC(=O)OC(C)C. The number of esters is 1. The molecule has 1 fully saturated rings. The van der Waals surface area contributed by atoms with Crippen LogP contribution in [0.25, 0.3) is 0 Å². The molecule has 3 nitrogen and oxygen atoms in total. The predicted molar refractivity (Wildman–Crippen MR) is 109 cm³/mol. The molecule has 0 bridgehead atoms. The molecule has 0 aromatic heterocycles. The van der Waals surface area contributed by atoms with E-state index < -0.39 is 0 Å². The van der Waals surface area contributed by atoms with Crippen molar-refractivity contribution >= 4 is 5.97 Å². The summed E-state index contributed by atoms with van der Waals surface area (Å²) in [4.78, 5) is 11.5. The first-order chi connectivity index (χ1) is 12.5. The quantitative estimate of drug-likeness (QED) is 0.249. The molecule has 1 N–H and O–H groups in total. The summed E-state index contributed by atoms with van der Waals surface area (Å²) in [6.45, 7) is 5.99. The average molecular weight is 365 g/mol. The molecule has 26 heavy (non-hydrogen) atoms. The molecule has 0 aliphatic heterocycles. The fourth-order valence-corrected chi connectivity index (χ4v) is 3.66. The van der Waals surface area contributed by atoms with Gasteiger partial charge in [0.2, 0.25) is 0 Å². The first kappa shape index (κ1) is 23.0. The van der Waals surface area contributed by atoms with Crippen LogP contribution in [0, 0.1) is 11.8 Å². The molecule has 1 rings (SSSR count). The van der Waals surface area contributed by atoms with Gasteiger partial charge >= 0.3 is 5.97 Å². The number of ether oxygens (including phenoxy) is 1. The zero-order valence-electron chi connectivity index (χ0n) is 17.2. The number of hydrogen-bond acceptors (Lipinski definition) is 3. The lowest BCUT2D eigenvalue weighted by Gasteiger charge is -2.17. The van der Waals surface area contributed by atoms with Crippen molar-refractivity contribution in [2.75, 3.05) is 0 Å². The maximum atomic E-state index is 11.5. The zero-order chi connectivity index (χ0) is 19.2. The standard InChI is InChI=1S/C23H40O3/c1-4-5-6-7-8-11-14-20-17-18-22(24)21(20)15-12-9-10-13-16-23(25)26-19(2)3/h9,11-12,14,19-22,24H,4-8,10,13,15-18H2,1-3H3/b12-9-,14-11+/t20?,21-,22+/m1/s1. The second kappa shape index (κ2) is 14.0. The van der Waals surface area contributed by atoms with E-state index in [0.29, 0.717) is 18.3 Å². The summed E-state index contributed by atoms with van der Waals surface area (Å²) in [7, 11) is 0. The molecule has 1 unspecified atom stereocenters. The number of carbonyl (C=O) groups excluding carboxylic acids is 1. The molecule has 1 aliphatic carbocycles. The second-order valence-electron chi connectivity index (χ2n) is 7.89. The number of carbonyl (C=O) groups is 1. The third-order valence-electron chi connectivity index (χ3n) is 5.14. The van der Waals surface area contributed by atoms with E-state index in [1.165, 1.54) is 32.1 Å². The van der Waals surface area contributed by atoms with Crippen LogP contribution in [-0.4, -0.2) is 23.3 Å². The molecule has 0 radical (unpaired) electrons. The van der Waals surface area contributed by atoms with Crippen molar-refractivity contribution in [1.82, 2.24) is 0 Å².